The van der Waals surface area contributed by atoms with Crippen LogP contribution in [0.1, 0.15) is 17.7 Å². The Morgan fingerprint density at radius 1 is 1.10 bits per heavy atom. The van der Waals surface area contributed by atoms with Gasteiger partial charge in [0, 0.05) is 18.4 Å². The summed E-state index contributed by atoms with van der Waals surface area (Å²) >= 11 is 0. The predicted molar refractivity (Wildman–Crippen MR) is 150 cm³/mol. The Morgan fingerprint density at radius 3 is 2.59 bits per heavy atom. The van der Waals surface area contributed by atoms with Crippen molar-refractivity contribution in [1.82, 2.24) is 14.6 Å². The van der Waals surface area contributed by atoms with Crippen LogP contribution in [0.4, 0.5) is 10.5 Å². The number of anilines is 1. The molecule has 0 aliphatic carbocycles. The van der Waals surface area contributed by atoms with Gasteiger partial charge in [-0.25, -0.2) is 13.2 Å². The molecule has 2 saturated heterocycles. The van der Waals surface area contributed by atoms with Gasteiger partial charge in [0.15, 0.2) is 6.29 Å². The van der Waals surface area contributed by atoms with Gasteiger partial charge in [0.2, 0.25) is 10.0 Å². The van der Waals surface area contributed by atoms with E-state index in [4.69, 9.17) is 19.9 Å². The lowest BCUT2D eigenvalue weighted by atomic mass is 10.0. The fraction of sp³-hybridized carbons (Fsp3) is 0.379. The van der Waals surface area contributed by atoms with Crippen molar-refractivity contribution in [2.45, 2.75) is 48.8 Å². The molecule has 5 atom stereocenters. The first-order chi connectivity index (χ1) is 19.8. The molecule has 0 bridgehead atoms. The minimum absolute atomic E-state index is 0.0244. The number of amides is 1. The molecule has 0 radical (unpaired) electrons. The number of fused-ring (bicyclic) bond motifs is 1. The number of hydrogen-bond donors (Lipinski definition) is 3. The van der Waals surface area contributed by atoms with E-state index in [2.05, 4.69) is 10.3 Å². The summed E-state index contributed by atoms with van der Waals surface area (Å²) in [7, 11) is -4.07. The van der Waals surface area contributed by atoms with Gasteiger partial charge < -0.3 is 30.4 Å². The van der Waals surface area contributed by atoms with Crippen LogP contribution in [0, 0.1) is 5.92 Å². The van der Waals surface area contributed by atoms with Gasteiger partial charge in [-0.2, -0.15) is 4.31 Å². The lowest BCUT2D eigenvalue weighted by Gasteiger charge is -2.30. The molecule has 2 aromatic carbocycles. The SMILES string of the molecule is Nc1ccc(S(=O)(=O)N(Cc2ccccn2)C[C@@H](O)[C@H](Cc2ccccc2)NC(=O)OC2COC3OCCC23)cc1. The normalized spacial score (nSPS) is 21.8. The molecule has 3 heterocycles. The van der Waals surface area contributed by atoms with E-state index in [0.717, 1.165) is 16.3 Å². The Morgan fingerprint density at radius 2 is 1.85 bits per heavy atom. The highest BCUT2D eigenvalue weighted by Gasteiger charge is 2.44. The molecule has 41 heavy (non-hydrogen) atoms. The summed E-state index contributed by atoms with van der Waals surface area (Å²) in [5, 5.41) is 14.3. The Bertz CT molecular complexity index is 1390. The van der Waals surface area contributed by atoms with Crippen molar-refractivity contribution in [3.63, 3.8) is 0 Å². The van der Waals surface area contributed by atoms with Crippen molar-refractivity contribution in [3.8, 4) is 0 Å². The van der Waals surface area contributed by atoms with E-state index >= 15 is 0 Å². The van der Waals surface area contributed by atoms with E-state index < -0.39 is 34.4 Å². The summed E-state index contributed by atoms with van der Waals surface area (Å²) in [6, 6.07) is 19.5. The summed E-state index contributed by atoms with van der Waals surface area (Å²) in [4.78, 5) is 17.3. The predicted octanol–water partition coefficient (Wildman–Crippen LogP) is 2.31. The summed E-state index contributed by atoms with van der Waals surface area (Å²) < 4.78 is 45.4. The molecule has 11 nitrogen and oxygen atoms in total. The first-order valence-electron chi connectivity index (χ1n) is 13.5. The second-order valence-electron chi connectivity index (χ2n) is 10.2. The van der Waals surface area contributed by atoms with Crippen molar-refractivity contribution in [3.05, 3.63) is 90.3 Å². The number of aromatic nitrogens is 1. The number of rotatable bonds is 11. The summed E-state index contributed by atoms with van der Waals surface area (Å²) in [6.45, 7) is 0.370. The van der Waals surface area contributed by atoms with Crippen LogP contribution >= 0.6 is 0 Å². The molecule has 5 rings (SSSR count). The summed E-state index contributed by atoms with van der Waals surface area (Å²) in [5.74, 6) is -0.0443. The number of aliphatic hydroxyl groups is 1. The zero-order valence-electron chi connectivity index (χ0n) is 22.4. The fourth-order valence-electron chi connectivity index (χ4n) is 5.07. The van der Waals surface area contributed by atoms with Gasteiger partial charge in [-0.15, -0.1) is 0 Å². The minimum atomic E-state index is -4.07. The molecule has 2 fully saturated rings. The molecule has 218 valence electrons. The second kappa shape index (κ2) is 13.0. The van der Waals surface area contributed by atoms with Gasteiger partial charge in [-0.1, -0.05) is 36.4 Å². The number of ether oxygens (including phenoxy) is 3. The average molecular weight is 583 g/mol. The monoisotopic (exact) mass is 582 g/mol. The highest BCUT2D eigenvalue weighted by atomic mass is 32.2. The molecule has 2 aliphatic rings. The zero-order valence-corrected chi connectivity index (χ0v) is 23.2. The molecule has 1 amide bonds. The first-order valence-corrected chi connectivity index (χ1v) is 14.9. The van der Waals surface area contributed by atoms with Crippen LogP contribution in [0.2, 0.25) is 0 Å². The number of pyridine rings is 1. The Kier molecular flexibility index (Phi) is 9.15. The third kappa shape index (κ3) is 7.21. The number of carbonyl (C=O) groups is 1. The Balaban J connectivity index is 1.36. The van der Waals surface area contributed by atoms with Crippen molar-refractivity contribution in [1.29, 1.82) is 0 Å². The molecule has 3 unspecified atom stereocenters. The van der Waals surface area contributed by atoms with Crippen LogP contribution < -0.4 is 11.1 Å². The topological polar surface area (TPSA) is 153 Å². The number of nitrogens with one attached hydrogen (secondary N) is 1. The van der Waals surface area contributed by atoms with Crippen LogP contribution in [-0.4, -0.2) is 73.2 Å². The van der Waals surface area contributed by atoms with E-state index in [0.29, 0.717) is 18.0 Å². The average Bonchev–Trinajstić information content (AvgIpc) is 3.59. The van der Waals surface area contributed by atoms with E-state index in [9.17, 15) is 18.3 Å². The number of aliphatic hydroxyl groups excluding tert-OH is 1. The molecule has 4 N–H and O–H groups in total. The number of alkyl carbamates (subject to hydrolysis) is 1. The van der Waals surface area contributed by atoms with Crippen LogP contribution in [0.5, 0.6) is 0 Å². The smallest absolute Gasteiger partial charge is 0.407 e. The van der Waals surface area contributed by atoms with Gasteiger partial charge in [0.1, 0.15) is 6.10 Å². The Hall–Kier alpha value is -3.55. The van der Waals surface area contributed by atoms with Gasteiger partial charge >= 0.3 is 6.09 Å². The van der Waals surface area contributed by atoms with Crippen molar-refractivity contribution in [2.24, 2.45) is 5.92 Å². The second-order valence-corrected chi connectivity index (χ2v) is 12.1. The maximum Gasteiger partial charge on any atom is 0.407 e. The standard InChI is InChI=1S/C29H34N4O7S/c30-21-9-11-23(12-10-21)41(36,37)33(17-22-8-4-5-14-31-22)18-26(34)25(16-20-6-2-1-3-7-20)32-29(35)40-27-19-39-28-24(27)13-15-38-28/h1-12,14,24-28,34H,13,15-19,30H2,(H,32,35)/t24?,25-,26+,27?,28?/m0/s1. The van der Waals surface area contributed by atoms with Crippen molar-refractivity contribution in [2.75, 3.05) is 25.5 Å². The fourth-order valence-corrected chi connectivity index (χ4v) is 6.50. The van der Waals surface area contributed by atoms with Crippen molar-refractivity contribution >= 4 is 21.8 Å². The largest absolute Gasteiger partial charge is 0.443 e. The minimum Gasteiger partial charge on any atom is -0.443 e. The summed E-state index contributed by atoms with van der Waals surface area (Å²) in [5.41, 5.74) is 7.55. The molecule has 3 aromatic rings. The number of nitrogens with zero attached hydrogens (tertiary/aromatic N) is 2. The van der Waals surface area contributed by atoms with E-state index in [1.807, 2.05) is 30.3 Å². The van der Waals surface area contributed by atoms with Gasteiger partial charge in [0.05, 0.1) is 48.4 Å². The highest BCUT2D eigenvalue weighted by molar-refractivity contribution is 7.89. The number of nitrogens with two attached hydrogens (primary N) is 1. The summed E-state index contributed by atoms with van der Waals surface area (Å²) in [6.07, 6.45) is -0.318. The third-order valence-electron chi connectivity index (χ3n) is 7.28. The number of sulfonamides is 1. The maximum absolute atomic E-state index is 13.7. The number of nitrogen functional groups attached to an aromatic ring is 1. The van der Waals surface area contributed by atoms with E-state index in [-0.39, 0.29) is 43.2 Å². The van der Waals surface area contributed by atoms with Crippen LogP contribution in [0.3, 0.4) is 0 Å². The van der Waals surface area contributed by atoms with Crippen LogP contribution in [0.15, 0.2) is 83.9 Å². The molecule has 0 saturated carbocycles. The zero-order chi connectivity index (χ0) is 28.8. The van der Waals surface area contributed by atoms with Crippen molar-refractivity contribution < 1.29 is 32.5 Å². The van der Waals surface area contributed by atoms with Gasteiger partial charge in [0.25, 0.3) is 0 Å². The number of hydrogen-bond acceptors (Lipinski definition) is 9. The Labute approximate surface area is 239 Å². The van der Waals surface area contributed by atoms with Crippen LogP contribution in [-0.2, 0) is 37.2 Å². The van der Waals surface area contributed by atoms with Gasteiger partial charge in [-0.05, 0) is 54.8 Å². The quantitative estimate of drug-likeness (QED) is 0.289. The molecule has 12 heteroatoms. The lowest BCUT2D eigenvalue weighted by molar-refractivity contribution is -0.0907. The van der Waals surface area contributed by atoms with Crippen LogP contribution in [0.25, 0.3) is 0 Å². The molecule has 2 aliphatic heterocycles. The lowest BCUT2D eigenvalue weighted by Crippen LogP contribution is -2.51. The molecule has 0 spiro atoms. The van der Waals surface area contributed by atoms with E-state index in [1.165, 1.54) is 24.3 Å². The molecular formula is C29H34N4O7S. The van der Waals surface area contributed by atoms with Gasteiger partial charge in [-0.3, -0.25) is 4.98 Å². The molecule has 1 aromatic heterocycles. The third-order valence-corrected chi connectivity index (χ3v) is 9.11. The number of carbonyl (C=O) groups excluding carboxylic acids is 1. The maximum atomic E-state index is 13.7. The highest BCUT2D eigenvalue weighted by Crippen LogP contribution is 2.33. The first kappa shape index (κ1) is 29.0. The van der Waals surface area contributed by atoms with E-state index in [1.54, 1.807) is 24.4 Å². The number of benzene rings is 2. The molecular weight excluding hydrogens is 548 g/mol.